The Hall–Kier alpha value is -2.40. The number of carbonyl (C=O) groups excluding carboxylic acids is 1. The molecule has 4 rings (SSSR count). The predicted octanol–water partition coefficient (Wildman–Crippen LogP) is 4.95. The Labute approximate surface area is 157 Å². The summed E-state index contributed by atoms with van der Waals surface area (Å²) in [5.41, 5.74) is 3.11. The number of thiazole rings is 1. The Bertz CT molecular complexity index is 932. The highest BCUT2D eigenvalue weighted by Gasteiger charge is 2.32. The molecule has 5 heteroatoms. The summed E-state index contributed by atoms with van der Waals surface area (Å²) < 4.78 is 6.56. The Morgan fingerprint density at radius 1 is 1.23 bits per heavy atom. The molecule has 1 aliphatic carbocycles. The largest absolute Gasteiger partial charge is 0.494 e. The molecule has 1 saturated carbocycles. The van der Waals surface area contributed by atoms with Crippen molar-refractivity contribution in [2.45, 2.75) is 32.7 Å². The molecule has 0 unspecified atom stereocenters. The predicted molar refractivity (Wildman–Crippen MR) is 106 cm³/mol. The SMILES string of the molecule is COc1ccc(C)c2sc(N(Cc3ccccc3)C(=O)C3CCC3)nc12. The van der Waals surface area contributed by atoms with Crippen LogP contribution in [0.5, 0.6) is 5.75 Å². The molecule has 3 aromatic rings. The van der Waals surface area contributed by atoms with Gasteiger partial charge in [0.15, 0.2) is 5.13 Å². The summed E-state index contributed by atoms with van der Waals surface area (Å²) >= 11 is 1.58. The van der Waals surface area contributed by atoms with Gasteiger partial charge >= 0.3 is 0 Å². The van der Waals surface area contributed by atoms with Crippen molar-refractivity contribution in [3.63, 3.8) is 0 Å². The van der Waals surface area contributed by atoms with E-state index in [-0.39, 0.29) is 11.8 Å². The van der Waals surface area contributed by atoms with Crippen molar-refractivity contribution < 1.29 is 9.53 Å². The van der Waals surface area contributed by atoms with Crippen LogP contribution in [0.4, 0.5) is 5.13 Å². The van der Waals surface area contributed by atoms with E-state index in [1.54, 1.807) is 18.4 Å². The van der Waals surface area contributed by atoms with Gasteiger partial charge in [0.2, 0.25) is 5.91 Å². The van der Waals surface area contributed by atoms with Crippen LogP contribution in [0.1, 0.15) is 30.4 Å². The number of ether oxygens (including phenoxy) is 1. The standard InChI is InChI=1S/C21H22N2O2S/c1-14-11-12-17(25-2)18-19(14)26-21(22-18)23(20(24)16-9-6-10-16)13-15-7-4-3-5-8-15/h3-5,7-8,11-12,16H,6,9-10,13H2,1-2H3. The number of nitrogens with zero attached hydrogens (tertiary/aromatic N) is 2. The molecular weight excluding hydrogens is 344 g/mol. The zero-order valence-corrected chi connectivity index (χ0v) is 15.9. The van der Waals surface area contributed by atoms with Crippen LogP contribution in [0.2, 0.25) is 0 Å². The third kappa shape index (κ3) is 3.07. The molecule has 26 heavy (non-hydrogen) atoms. The number of hydrogen-bond acceptors (Lipinski definition) is 4. The minimum absolute atomic E-state index is 0.133. The normalized spacial score (nSPS) is 14.2. The molecule has 1 aromatic heterocycles. The number of methoxy groups -OCH3 is 1. The van der Waals surface area contributed by atoms with Crippen LogP contribution in [-0.4, -0.2) is 18.0 Å². The van der Waals surface area contributed by atoms with Gasteiger partial charge in [-0.15, -0.1) is 0 Å². The van der Waals surface area contributed by atoms with Crippen molar-refractivity contribution in [3.8, 4) is 5.75 Å². The first kappa shape index (κ1) is 17.0. The highest BCUT2D eigenvalue weighted by atomic mass is 32.1. The average molecular weight is 366 g/mol. The molecule has 1 aliphatic rings. The topological polar surface area (TPSA) is 42.4 Å². The van der Waals surface area contributed by atoms with E-state index in [0.717, 1.165) is 51.5 Å². The summed E-state index contributed by atoms with van der Waals surface area (Å²) in [6.07, 6.45) is 3.11. The van der Waals surface area contributed by atoms with Gasteiger partial charge in [0.05, 0.1) is 18.4 Å². The van der Waals surface area contributed by atoms with E-state index in [2.05, 4.69) is 19.1 Å². The molecular formula is C21H22N2O2S. The molecule has 1 fully saturated rings. The number of anilines is 1. The van der Waals surface area contributed by atoms with Crippen molar-refractivity contribution in [2.24, 2.45) is 5.92 Å². The molecule has 0 saturated heterocycles. The maximum Gasteiger partial charge on any atom is 0.232 e. The molecule has 0 spiro atoms. The van der Waals surface area contributed by atoms with Gasteiger partial charge in [-0.2, -0.15) is 0 Å². The smallest absolute Gasteiger partial charge is 0.232 e. The van der Waals surface area contributed by atoms with E-state index in [1.165, 1.54) is 0 Å². The molecule has 0 N–H and O–H groups in total. The zero-order chi connectivity index (χ0) is 18.1. The second-order valence-corrected chi connectivity index (χ2v) is 7.77. The van der Waals surface area contributed by atoms with Gasteiger partial charge in [-0.1, -0.05) is 54.2 Å². The number of hydrogen-bond donors (Lipinski definition) is 0. The highest BCUT2D eigenvalue weighted by Crippen LogP contribution is 2.38. The summed E-state index contributed by atoms with van der Waals surface area (Å²) in [4.78, 5) is 19.8. The molecule has 0 bridgehead atoms. The van der Waals surface area contributed by atoms with Gasteiger partial charge in [-0.25, -0.2) is 4.98 Å². The van der Waals surface area contributed by atoms with Gasteiger partial charge in [0.1, 0.15) is 11.3 Å². The Morgan fingerprint density at radius 3 is 2.65 bits per heavy atom. The third-order valence-electron chi connectivity index (χ3n) is 5.05. The highest BCUT2D eigenvalue weighted by molar-refractivity contribution is 7.22. The second-order valence-electron chi connectivity index (χ2n) is 6.80. The van der Waals surface area contributed by atoms with Crippen molar-refractivity contribution in [2.75, 3.05) is 12.0 Å². The number of fused-ring (bicyclic) bond motifs is 1. The number of amides is 1. The molecule has 2 aromatic carbocycles. The van der Waals surface area contributed by atoms with Crippen molar-refractivity contribution in [1.82, 2.24) is 4.98 Å². The summed E-state index contributed by atoms with van der Waals surface area (Å²) in [5, 5.41) is 0.758. The monoisotopic (exact) mass is 366 g/mol. The molecule has 134 valence electrons. The average Bonchev–Trinajstić information content (AvgIpc) is 3.05. The lowest BCUT2D eigenvalue weighted by Crippen LogP contribution is -2.38. The van der Waals surface area contributed by atoms with Crippen LogP contribution in [-0.2, 0) is 11.3 Å². The third-order valence-corrected chi connectivity index (χ3v) is 6.26. The molecule has 0 atom stereocenters. The van der Waals surface area contributed by atoms with Crippen LogP contribution in [0.25, 0.3) is 10.2 Å². The lowest BCUT2D eigenvalue weighted by Gasteiger charge is -2.30. The van der Waals surface area contributed by atoms with Crippen LogP contribution in [0.15, 0.2) is 42.5 Å². The lowest BCUT2D eigenvalue weighted by atomic mass is 9.84. The van der Waals surface area contributed by atoms with E-state index in [9.17, 15) is 4.79 Å². The van der Waals surface area contributed by atoms with Crippen molar-refractivity contribution in [1.29, 1.82) is 0 Å². The van der Waals surface area contributed by atoms with Crippen LogP contribution in [0.3, 0.4) is 0 Å². The molecule has 0 aliphatic heterocycles. The van der Waals surface area contributed by atoms with E-state index in [1.807, 2.05) is 35.2 Å². The summed E-state index contributed by atoms with van der Waals surface area (Å²) in [6.45, 7) is 2.62. The Kier molecular flexibility index (Phi) is 4.64. The summed E-state index contributed by atoms with van der Waals surface area (Å²) in [6, 6.07) is 14.1. The molecule has 1 heterocycles. The number of aromatic nitrogens is 1. The number of benzene rings is 2. The van der Waals surface area contributed by atoms with Crippen LogP contribution < -0.4 is 9.64 Å². The number of rotatable bonds is 5. The maximum absolute atomic E-state index is 13.1. The fourth-order valence-electron chi connectivity index (χ4n) is 3.26. The van der Waals surface area contributed by atoms with Crippen molar-refractivity contribution in [3.05, 3.63) is 53.6 Å². The molecule has 0 radical (unpaired) electrons. The molecule has 4 nitrogen and oxygen atoms in total. The Balaban J connectivity index is 1.76. The van der Waals surface area contributed by atoms with E-state index >= 15 is 0 Å². The van der Waals surface area contributed by atoms with Crippen molar-refractivity contribution >= 4 is 32.6 Å². The van der Waals surface area contributed by atoms with Gasteiger partial charge in [0.25, 0.3) is 0 Å². The van der Waals surface area contributed by atoms with E-state index in [4.69, 9.17) is 9.72 Å². The first-order valence-corrected chi connectivity index (χ1v) is 9.78. The van der Waals surface area contributed by atoms with Gasteiger partial charge in [0, 0.05) is 5.92 Å². The fourth-order valence-corrected chi connectivity index (χ4v) is 4.32. The number of carbonyl (C=O) groups is 1. The minimum Gasteiger partial charge on any atom is -0.494 e. The first-order valence-electron chi connectivity index (χ1n) is 8.97. The lowest BCUT2D eigenvalue weighted by molar-refractivity contribution is -0.124. The summed E-state index contributed by atoms with van der Waals surface area (Å²) in [7, 11) is 1.66. The minimum atomic E-state index is 0.133. The maximum atomic E-state index is 13.1. The van der Waals surface area contributed by atoms with Crippen LogP contribution in [0, 0.1) is 12.8 Å². The summed E-state index contributed by atoms with van der Waals surface area (Å²) in [5.74, 6) is 1.08. The van der Waals surface area contributed by atoms with Gasteiger partial charge in [-0.3, -0.25) is 9.69 Å². The van der Waals surface area contributed by atoms with Gasteiger partial charge in [-0.05, 0) is 37.0 Å². The Morgan fingerprint density at radius 2 is 2.00 bits per heavy atom. The van der Waals surface area contributed by atoms with Gasteiger partial charge < -0.3 is 4.74 Å². The van der Waals surface area contributed by atoms with Crippen LogP contribution >= 0.6 is 11.3 Å². The number of aryl methyl sites for hydroxylation is 1. The zero-order valence-electron chi connectivity index (χ0n) is 15.1. The first-order chi connectivity index (χ1) is 12.7. The quantitative estimate of drug-likeness (QED) is 0.642. The van der Waals surface area contributed by atoms with E-state index in [0.29, 0.717) is 6.54 Å². The van der Waals surface area contributed by atoms with E-state index < -0.39 is 0 Å². The molecule has 1 amide bonds. The second kappa shape index (κ2) is 7.08. The fraction of sp³-hybridized carbons (Fsp3) is 0.333.